The molecule has 0 atom stereocenters. The van der Waals surface area contributed by atoms with Gasteiger partial charge in [-0.15, -0.1) is 0 Å². The van der Waals surface area contributed by atoms with Crippen molar-refractivity contribution in [2.24, 2.45) is 0 Å². The maximum absolute atomic E-state index is 13.0. The van der Waals surface area contributed by atoms with Gasteiger partial charge in [0, 0.05) is 35.8 Å². The van der Waals surface area contributed by atoms with Gasteiger partial charge in [0.2, 0.25) is 0 Å². The fourth-order valence-corrected chi connectivity index (χ4v) is 4.41. The highest BCUT2D eigenvalue weighted by atomic mass is 16.5. The summed E-state index contributed by atoms with van der Waals surface area (Å²) < 4.78 is 20.9. The van der Waals surface area contributed by atoms with Crippen molar-refractivity contribution in [3.8, 4) is 28.5 Å². The van der Waals surface area contributed by atoms with Crippen LogP contribution in [0.3, 0.4) is 0 Å². The fraction of sp³-hybridized carbons (Fsp3) is 0.267. The van der Waals surface area contributed by atoms with E-state index in [1.165, 1.54) is 0 Å². The second kappa shape index (κ2) is 11.9. The van der Waals surface area contributed by atoms with Gasteiger partial charge in [-0.3, -0.25) is 9.48 Å². The summed E-state index contributed by atoms with van der Waals surface area (Å²) in [6.07, 6.45) is 3.52. The number of nitrogens with zero attached hydrogens (tertiary/aromatic N) is 5. The SMILES string of the molecule is CCOc1ccc(COc2ccc(NC(=O)c3cc4nccc(-c5cnn(CC)c5C)n4n3)cc2)cc1OCC. The molecule has 0 saturated heterocycles. The molecule has 0 unspecified atom stereocenters. The highest BCUT2D eigenvalue weighted by Gasteiger charge is 2.17. The Kier molecular flexibility index (Phi) is 7.95. The molecule has 0 fully saturated rings. The first-order valence-corrected chi connectivity index (χ1v) is 13.3. The van der Waals surface area contributed by atoms with E-state index >= 15 is 0 Å². The number of nitrogens with one attached hydrogen (secondary N) is 1. The number of carbonyl (C=O) groups is 1. The van der Waals surface area contributed by atoms with Gasteiger partial charge in [0.05, 0.1) is 25.1 Å². The maximum atomic E-state index is 13.0. The number of hydrogen-bond donors (Lipinski definition) is 1. The van der Waals surface area contributed by atoms with Gasteiger partial charge in [0.25, 0.3) is 5.91 Å². The molecule has 0 bridgehead atoms. The third-order valence-electron chi connectivity index (χ3n) is 6.39. The normalized spacial score (nSPS) is 11.0. The van der Waals surface area contributed by atoms with E-state index in [1.807, 2.05) is 75.0 Å². The Bertz CT molecular complexity index is 1620. The van der Waals surface area contributed by atoms with E-state index in [9.17, 15) is 4.79 Å². The quantitative estimate of drug-likeness (QED) is 0.234. The summed E-state index contributed by atoms with van der Waals surface area (Å²) in [5.41, 5.74) is 5.22. The van der Waals surface area contributed by atoms with Crippen LogP contribution in [-0.2, 0) is 13.2 Å². The minimum Gasteiger partial charge on any atom is -0.490 e. The van der Waals surface area contributed by atoms with Crippen LogP contribution in [-0.4, -0.2) is 43.5 Å². The average molecular weight is 541 g/mol. The molecule has 5 rings (SSSR count). The molecule has 0 aliphatic carbocycles. The Hall–Kier alpha value is -4.86. The number of amides is 1. The number of carbonyl (C=O) groups excluding carboxylic acids is 1. The van der Waals surface area contributed by atoms with Crippen LogP contribution in [0.25, 0.3) is 16.9 Å². The van der Waals surface area contributed by atoms with E-state index in [0.717, 1.165) is 29.1 Å². The van der Waals surface area contributed by atoms with Crippen molar-refractivity contribution in [3.05, 3.63) is 83.9 Å². The Morgan fingerprint density at radius 1 is 0.925 bits per heavy atom. The molecule has 2 aromatic carbocycles. The van der Waals surface area contributed by atoms with Crippen molar-refractivity contribution in [2.75, 3.05) is 18.5 Å². The molecule has 0 saturated carbocycles. The lowest BCUT2D eigenvalue weighted by Crippen LogP contribution is -2.12. The first-order valence-electron chi connectivity index (χ1n) is 13.3. The molecule has 0 aliphatic heterocycles. The van der Waals surface area contributed by atoms with E-state index < -0.39 is 0 Å². The molecule has 10 nitrogen and oxygen atoms in total. The summed E-state index contributed by atoms with van der Waals surface area (Å²) in [6, 6.07) is 16.5. The molecule has 3 heterocycles. The molecule has 1 amide bonds. The van der Waals surface area contributed by atoms with Crippen LogP contribution in [0.4, 0.5) is 5.69 Å². The lowest BCUT2D eigenvalue weighted by atomic mass is 10.2. The van der Waals surface area contributed by atoms with Gasteiger partial charge >= 0.3 is 0 Å². The zero-order valence-electron chi connectivity index (χ0n) is 23.0. The molecule has 0 radical (unpaired) electrons. The van der Waals surface area contributed by atoms with Crippen molar-refractivity contribution in [1.82, 2.24) is 24.4 Å². The number of ether oxygens (including phenoxy) is 3. The summed E-state index contributed by atoms with van der Waals surface area (Å²) in [5, 5.41) is 11.9. The Balaban J connectivity index is 1.25. The van der Waals surface area contributed by atoms with Crippen molar-refractivity contribution >= 4 is 17.2 Å². The number of aryl methyl sites for hydroxylation is 1. The third-order valence-corrected chi connectivity index (χ3v) is 6.39. The topological polar surface area (TPSA) is 105 Å². The number of aromatic nitrogens is 5. The number of fused-ring (bicyclic) bond motifs is 1. The largest absolute Gasteiger partial charge is 0.490 e. The molecular weight excluding hydrogens is 508 g/mol. The number of rotatable bonds is 11. The second-order valence-corrected chi connectivity index (χ2v) is 9.00. The van der Waals surface area contributed by atoms with Crippen LogP contribution >= 0.6 is 0 Å². The minimum absolute atomic E-state index is 0.265. The van der Waals surface area contributed by atoms with Crippen LogP contribution in [0.2, 0.25) is 0 Å². The first kappa shape index (κ1) is 26.7. The predicted octanol–water partition coefficient (Wildman–Crippen LogP) is 5.55. The third kappa shape index (κ3) is 5.61. The summed E-state index contributed by atoms with van der Waals surface area (Å²) in [7, 11) is 0. The van der Waals surface area contributed by atoms with E-state index in [-0.39, 0.29) is 11.6 Å². The predicted molar refractivity (Wildman–Crippen MR) is 152 cm³/mol. The molecule has 3 aromatic heterocycles. The van der Waals surface area contributed by atoms with Crippen LogP contribution in [0, 0.1) is 6.92 Å². The molecule has 0 aliphatic rings. The molecule has 1 N–H and O–H groups in total. The van der Waals surface area contributed by atoms with Crippen LogP contribution in [0.5, 0.6) is 17.2 Å². The van der Waals surface area contributed by atoms with E-state index in [0.29, 0.717) is 48.4 Å². The van der Waals surface area contributed by atoms with Crippen LogP contribution in [0.15, 0.2) is 67.0 Å². The van der Waals surface area contributed by atoms with Crippen molar-refractivity contribution in [3.63, 3.8) is 0 Å². The number of anilines is 1. The number of benzene rings is 2. The minimum atomic E-state index is -0.330. The summed E-state index contributed by atoms with van der Waals surface area (Å²) in [5.74, 6) is 1.76. The average Bonchev–Trinajstić information content (AvgIpc) is 3.57. The maximum Gasteiger partial charge on any atom is 0.276 e. The Morgan fingerprint density at radius 3 is 2.42 bits per heavy atom. The molecular formula is C30H32N6O4. The Morgan fingerprint density at radius 2 is 1.70 bits per heavy atom. The molecule has 206 valence electrons. The lowest BCUT2D eigenvalue weighted by molar-refractivity contribution is 0.102. The monoisotopic (exact) mass is 540 g/mol. The van der Waals surface area contributed by atoms with Gasteiger partial charge in [-0.05, 0) is 75.7 Å². The van der Waals surface area contributed by atoms with Gasteiger partial charge < -0.3 is 19.5 Å². The molecule has 40 heavy (non-hydrogen) atoms. The fourth-order valence-electron chi connectivity index (χ4n) is 4.41. The standard InChI is InChI=1S/C30H32N6O4/c1-5-35-20(4)24(18-32-35)26-14-15-31-29-17-25(34-36(26)29)30(37)33-22-9-11-23(12-10-22)40-19-21-8-13-27(38-6-2)28(16-21)39-7-3/h8-18H,5-7,19H2,1-4H3,(H,33,37). The van der Waals surface area contributed by atoms with Gasteiger partial charge in [-0.1, -0.05) is 6.07 Å². The zero-order chi connectivity index (χ0) is 28.1. The Labute approximate surface area is 232 Å². The van der Waals surface area contributed by atoms with E-state index in [1.54, 1.807) is 28.9 Å². The van der Waals surface area contributed by atoms with E-state index in [2.05, 4.69) is 20.5 Å². The highest BCUT2D eigenvalue weighted by molar-refractivity contribution is 6.03. The van der Waals surface area contributed by atoms with Crippen molar-refractivity contribution in [2.45, 2.75) is 40.8 Å². The molecule has 10 heteroatoms. The smallest absolute Gasteiger partial charge is 0.276 e. The summed E-state index contributed by atoms with van der Waals surface area (Å²) in [4.78, 5) is 17.4. The number of hydrogen-bond acceptors (Lipinski definition) is 7. The van der Waals surface area contributed by atoms with Gasteiger partial charge in [-0.2, -0.15) is 10.2 Å². The van der Waals surface area contributed by atoms with Crippen molar-refractivity contribution in [1.29, 1.82) is 0 Å². The van der Waals surface area contributed by atoms with Crippen molar-refractivity contribution < 1.29 is 19.0 Å². The zero-order valence-corrected chi connectivity index (χ0v) is 23.0. The lowest BCUT2D eigenvalue weighted by Gasteiger charge is -2.13. The molecule has 5 aromatic rings. The highest BCUT2D eigenvalue weighted by Crippen LogP contribution is 2.29. The van der Waals surface area contributed by atoms with E-state index in [4.69, 9.17) is 14.2 Å². The second-order valence-electron chi connectivity index (χ2n) is 9.00. The molecule has 0 spiro atoms. The van der Waals surface area contributed by atoms with Gasteiger partial charge in [-0.25, -0.2) is 9.50 Å². The summed E-state index contributed by atoms with van der Waals surface area (Å²) >= 11 is 0. The van der Waals surface area contributed by atoms with Crippen LogP contribution < -0.4 is 19.5 Å². The van der Waals surface area contributed by atoms with Crippen LogP contribution in [0.1, 0.15) is 42.5 Å². The first-order chi connectivity index (χ1) is 19.5. The summed E-state index contributed by atoms with van der Waals surface area (Å²) in [6.45, 7) is 10.2. The van der Waals surface area contributed by atoms with Gasteiger partial charge in [0.1, 0.15) is 12.4 Å². The van der Waals surface area contributed by atoms with Gasteiger partial charge in [0.15, 0.2) is 22.8 Å².